The minimum Gasteiger partial charge on any atom is -0.490 e. The zero-order chi connectivity index (χ0) is 20.6. The summed E-state index contributed by atoms with van der Waals surface area (Å²) in [6.07, 6.45) is -0.0114. The number of hydrogen-bond acceptors (Lipinski definition) is 3. The van der Waals surface area contributed by atoms with Crippen molar-refractivity contribution in [3.63, 3.8) is 0 Å². The van der Waals surface area contributed by atoms with Gasteiger partial charge >= 0.3 is 5.97 Å². The Morgan fingerprint density at radius 1 is 1.04 bits per heavy atom. The molecule has 0 aliphatic heterocycles. The van der Waals surface area contributed by atoms with Crippen LogP contribution in [0.5, 0.6) is 11.5 Å². The van der Waals surface area contributed by atoms with Gasteiger partial charge in [-0.15, -0.1) is 5.92 Å². The molecule has 0 heterocycles. The highest BCUT2D eigenvalue weighted by molar-refractivity contribution is 5.69. The van der Waals surface area contributed by atoms with Crippen molar-refractivity contribution in [2.45, 2.75) is 45.4 Å². The molecule has 1 N–H and O–H groups in total. The van der Waals surface area contributed by atoms with Crippen LogP contribution in [-0.4, -0.2) is 24.3 Å². The van der Waals surface area contributed by atoms with Gasteiger partial charge in [0, 0.05) is 0 Å². The van der Waals surface area contributed by atoms with Crippen LogP contribution < -0.4 is 9.47 Å². The standard InChI is InChI=1S/C24H28O4/c1-5-7-19(16-23(25)26)18-10-12-21(13-11-18)27-14-15-28-22-9-6-8-20(17-22)24(2,3)4/h6,8-13,17,19H,14-16H2,1-4H3,(H,25,26). The van der Waals surface area contributed by atoms with Gasteiger partial charge in [0.05, 0.1) is 12.3 Å². The van der Waals surface area contributed by atoms with Crippen LogP contribution >= 0.6 is 0 Å². The SMILES string of the molecule is CC#CC(CC(=O)O)c1ccc(OCCOc2cccc(C(C)(C)C)c2)cc1. The average Bonchev–Trinajstić information content (AvgIpc) is 2.65. The van der Waals surface area contributed by atoms with Gasteiger partial charge in [-0.2, -0.15) is 0 Å². The van der Waals surface area contributed by atoms with Gasteiger partial charge in [0.1, 0.15) is 24.7 Å². The van der Waals surface area contributed by atoms with E-state index in [1.165, 1.54) is 5.56 Å². The fraction of sp³-hybridized carbons (Fsp3) is 0.375. The van der Waals surface area contributed by atoms with E-state index in [9.17, 15) is 4.79 Å². The first-order chi connectivity index (χ1) is 13.3. The van der Waals surface area contributed by atoms with Crippen LogP contribution in [0.4, 0.5) is 0 Å². The third-order valence-electron chi connectivity index (χ3n) is 4.30. The van der Waals surface area contributed by atoms with Crippen LogP contribution in [0.2, 0.25) is 0 Å². The second-order valence-corrected chi connectivity index (χ2v) is 7.59. The summed E-state index contributed by atoms with van der Waals surface area (Å²) in [5, 5.41) is 9.02. The molecule has 0 aliphatic rings. The summed E-state index contributed by atoms with van der Waals surface area (Å²) in [6.45, 7) is 9.10. The van der Waals surface area contributed by atoms with E-state index in [0.29, 0.717) is 19.0 Å². The van der Waals surface area contributed by atoms with E-state index in [4.69, 9.17) is 14.6 Å². The summed E-state index contributed by atoms with van der Waals surface area (Å²) >= 11 is 0. The van der Waals surface area contributed by atoms with E-state index in [0.717, 1.165) is 11.3 Å². The molecule has 0 aliphatic carbocycles. The molecule has 0 spiro atoms. The molecule has 148 valence electrons. The van der Waals surface area contributed by atoms with Gasteiger partial charge in [-0.05, 0) is 47.7 Å². The Hall–Kier alpha value is -2.93. The number of benzene rings is 2. The Morgan fingerprint density at radius 2 is 1.68 bits per heavy atom. The van der Waals surface area contributed by atoms with Gasteiger partial charge in [0.15, 0.2) is 0 Å². The Bertz CT molecular complexity index is 835. The Morgan fingerprint density at radius 3 is 2.25 bits per heavy atom. The summed E-state index contributed by atoms with van der Waals surface area (Å²) in [4.78, 5) is 11.0. The summed E-state index contributed by atoms with van der Waals surface area (Å²) in [7, 11) is 0. The van der Waals surface area contributed by atoms with Crippen molar-refractivity contribution >= 4 is 5.97 Å². The normalized spacial score (nSPS) is 11.9. The van der Waals surface area contributed by atoms with Gasteiger partial charge < -0.3 is 14.6 Å². The van der Waals surface area contributed by atoms with Crippen molar-refractivity contribution in [2.75, 3.05) is 13.2 Å². The molecule has 2 aromatic carbocycles. The molecule has 4 heteroatoms. The van der Waals surface area contributed by atoms with Crippen molar-refractivity contribution in [3.8, 4) is 23.3 Å². The molecule has 0 bridgehead atoms. The molecule has 1 unspecified atom stereocenters. The van der Waals surface area contributed by atoms with E-state index in [-0.39, 0.29) is 17.8 Å². The number of ether oxygens (including phenoxy) is 2. The van der Waals surface area contributed by atoms with Crippen LogP contribution in [0, 0.1) is 11.8 Å². The number of carbonyl (C=O) groups is 1. The Kier molecular flexibility index (Phi) is 7.52. The number of aliphatic carboxylic acids is 1. The average molecular weight is 380 g/mol. The van der Waals surface area contributed by atoms with Crippen LogP contribution in [0.3, 0.4) is 0 Å². The van der Waals surface area contributed by atoms with Crippen molar-refractivity contribution in [1.29, 1.82) is 0 Å². The van der Waals surface area contributed by atoms with Gasteiger partial charge in [0.2, 0.25) is 0 Å². The lowest BCUT2D eigenvalue weighted by atomic mass is 9.87. The molecular formula is C24H28O4. The third kappa shape index (κ3) is 6.66. The topological polar surface area (TPSA) is 55.8 Å². The lowest BCUT2D eigenvalue weighted by Crippen LogP contribution is -2.12. The number of rotatable bonds is 8. The lowest BCUT2D eigenvalue weighted by Gasteiger charge is -2.19. The fourth-order valence-electron chi connectivity index (χ4n) is 2.77. The highest BCUT2D eigenvalue weighted by Crippen LogP contribution is 2.26. The molecule has 1 atom stereocenters. The Balaban J connectivity index is 1.87. The molecular weight excluding hydrogens is 352 g/mol. The van der Waals surface area contributed by atoms with Crippen LogP contribution in [-0.2, 0) is 10.2 Å². The minimum atomic E-state index is -0.860. The van der Waals surface area contributed by atoms with E-state index >= 15 is 0 Å². The minimum absolute atomic E-state index is 0.0114. The number of carboxylic acids is 1. The molecule has 0 saturated carbocycles. The van der Waals surface area contributed by atoms with Crippen molar-refractivity contribution in [3.05, 3.63) is 59.7 Å². The summed E-state index contributed by atoms with van der Waals surface area (Å²) < 4.78 is 11.5. The van der Waals surface area contributed by atoms with E-state index < -0.39 is 5.97 Å². The van der Waals surface area contributed by atoms with Crippen molar-refractivity contribution < 1.29 is 19.4 Å². The molecule has 0 amide bonds. The van der Waals surface area contributed by atoms with E-state index in [2.05, 4.69) is 44.7 Å². The first-order valence-corrected chi connectivity index (χ1v) is 9.40. The smallest absolute Gasteiger partial charge is 0.304 e. The second-order valence-electron chi connectivity index (χ2n) is 7.59. The van der Waals surface area contributed by atoms with E-state index in [1.807, 2.05) is 36.4 Å². The van der Waals surface area contributed by atoms with E-state index in [1.54, 1.807) is 6.92 Å². The Labute approximate surface area is 167 Å². The summed E-state index contributed by atoms with van der Waals surface area (Å²) in [5.74, 6) is 6.12. The van der Waals surface area contributed by atoms with Gasteiger partial charge in [-0.25, -0.2) is 0 Å². The summed E-state index contributed by atoms with van der Waals surface area (Å²) in [5.41, 5.74) is 2.19. The lowest BCUT2D eigenvalue weighted by molar-refractivity contribution is -0.137. The van der Waals surface area contributed by atoms with Crippen LogP contribution in [0.25, 0.3) is 0 Å². The molecule has 0 radical (unpaired) electrons. The zero-order valence-electron chi connectivity index (χ0n) is 17.0. The monoisotopic (exact) mass is 380 g/mol. The fourth-order valence-corrected chi connectivity index (χ4v) is 2.77. The first kappa shape index (κ1) is 21.4. The predicted octanol–water partition coefficient (Wildman–Crippen LogP) is 5.02. The maximum Gasteiger partial charge on any atom is 0.304 e. The first-order valence-electron chi connectivity index (χ1n) is 9.40. The van der Waals surface area contributed by atoms with Gasteiger partial charge in [-0.1, -0.05) is 51.0 Å². The molecule has 0 fully saturated rings. The largest absolute Gasteiger partial charge is 0.490 e. The summed E-state index contributed by atoms with van der Waals surface area (Å²) in [6, 6.07) is 15.5. The highest BCUT2D eigenvalue weighted by Gasteiger charge is 2.14. The van der Waals surface area contributed by atoms with Crippen LogP contribution in [0.1, 0.15) is 51.2 Å². The van der Waals surface area contributed by atoms with Crippen molar-refractivity contribution in [2.24, 2.45) is 0 Å². The molecule has 0 saturated heterocycles. The quantitative estimate of drug-likeness (QED) is 0.516. The van der Waals surface area contributed by atoms with Crippen LogP contribution in [0.15, 0.2) is 48.5 Å². The maximum absolute atomic E-state index is 11.0. The molecule has 2 aromatic rings. The van der Waals surface area contributed by atoms with Crippen molar-refractivity contribution in [1.82, 2.24) is 0 Å². The molecule has 0 aromatic heterocycles. The number of hydrogen-bond donors (Lipinski definition) is 1. The molecule has 2 rings (SSSR count). The van der Waals surface area contributed by atoms with Gasteiger partial charge in [0.25, 0.3) is 0 Å². The zero-order valence-corrected chi connectivity index (χ0v) is 17.0. The maximum atomic E-state index is 11.0. The predicted molar refractivity (Wildman–Crippen MR) is 111 cm³/mol. The molecule has 4 nitrogen and oxygen atoms in total. The molecule has 28 heavy (non-hydrogen) atoms. The second kappa shape index (κ2) is 9.85. The number of carboxylic acid groups (broad SMARTS) is 1. The van der Waals surface area contributed by atoms with Gasteiger partial charge in [-0.3, -0.25) is 4.79 Å². The third-order valence-corrected chi connectivity index (χ3v) is 4.30. The highest BCUT2D eigenvalue weighted by atomic mass is 16.5.